The number of benzene rings is 1. The minimum atomic E-state index is -2.65. The van der Waals surface area contributed by atoms with E-state index in [1.54, 1.807) is 24.3 Å². The minimum absolute atomic E-state index is 0.0737. The zero-order valence-corrected chi connectivity index (χ0v) is 21.6. The lowest BCUT2D eigenvalue weighted by Crippen LogP contribution is -2.62. The number of piperidine rings is 1. The van der Waals surface area contributed by atoms with Crippen molar-refractivity contribution in [1.29, 1.82) is 0 Å². The Hall–Kier alpha value is -2.85. The van der Waals surface area contributed by atoms with E-state index < -0.39 is 12.5 Å². The third kappa shape index (κ3) is 5.55. The van der Waals surface area contributed by atoms with Gasteiger partial charge < -0.3 is 24.8 Å². The zero-order chi connectivity index (χ0) is 26.0. The molecular weight excluding hydrogens is 478 g/mol. The minimum Gasteiger partial charge on any atom is -0.380 e. The summed E-state index contributed by atoms with van der Waals surface area (Å²) in [5.74, 6) is 0.674. The number of hydrogen-bond donors (Lipinski definition) is 1. The largest absolute Gasteiger partial charge is 0.380 e. The molecule has 37 heavy (non-hydrogen) atoms. The lowest BCUT2D eigenvalue weighted by atomic mass is 9.79. The van der Waals surface area contributed by atoms with Crippen molar-refractivity contribution in [1.82, 2.24) is 25.1 Å². The Labute approximate surface area is 217 Å². The monoisotopic (exact) mass is 514 g/mol. The van der Waals surface area contributed by atoms with Crippen LogP contribution in [0.3, 0.4) is 0 Å². The molecule has 2 aromatic rings. The van der Waals surface area contributed by atoms with Crippen molar-refractivity contribution in [3.63, 3.8) is 0 Å². The summed E-state index contributed by atoms with van der Waals surface area (Å²) >= 11 is 0. The maximum Gasteiger partial charge on any atom is 0.317 e. The summed E-state index contributed by atoms with van der Waals surface area (Å²) in [7, 11) is 1.65. The molecule has 4 aliphatic heterocycles. The molecule has 10 heteroatoms. The third-order valence-electron chi connectivity index (χ3n) is 8.29. The van der Waals surface area contributed by atoms with Crippen LogP contribution in [0.5, 0.6) is 0 Å². The molecule has 4 aliphatic rings. The van der Waals surface area contributed by atoms with Crippen LogP contribution >= 0.6 is 0 Å². The van der Waals surface area contributed by atoms with Crippen LogP contribution in [0.15, 0.2) is 36.5 Å². The second-order valence-corrected chi connectivity index (χ2v) is 10.6. The second kappa shape index (κ2) is 10.9. The van der Waals surface area contributed by atoms with Gasteiger partial charge in [-0.15, -0.1) is 0 Å². The molecule has 4 fully saturated rings. The van der Waals surface area contributed by atoms with Gasteiger partial charge in [-0.1, -0.05) is 24.3 Å². The van der Waals surface area contributed by atoms with E-state index in [1.165, 1.54) is 4.90 Å². The summed E-state index contributed by atoms with van der Waals surface area (Å²) < 4.78 is 33.7. The number of halogens is 2. The molecule has 0 aliphatic carbocycles. The number of anilines is 1. The lowest BCUT2D eigenvalue weighted by Gasteiger charge is -2.43. The number of carbonyl (C=O) groups is 1. The summed E-state index contributed by atoms with van der Waals surface area (Å²) in [5, 5.41) is 3.25. The SMILES string of the molecule is COCc1ccc(-c2ccnc(N3CCN(C(=O)NC4(C)CCN5CCC4CC5)CC3C(F)F)n2)cc1. The summed E-state index contributed by atoms with van der Waals surface area (Å²) in [6.07, 6.45) is 1.96. The number of hydrogen-bond acceptors (Lipinski definition) is 6. The second-order valence-electron chi connectivity index (χ2n) is 10.6. The van der Waals surface area contributed by atoms with Gasteiger partial charge in [0.15, 0.2) is 0 Å². The van der Waals surface area contributed by atoms with Gasteiger partial charge in [-0.25, -0.2) is 23.5 Å². The molecule has 6 rings (SSSR count). The molecule has 200 valence electrons. The van der Waals surface area contributed by atoms with Gasteiger partial charge in [-0.3, -0.25) is 0 Å². The van der Waals surface area contributed by atoms with Gasteiger partial charge in [0.1, 0.15) is 6.04 Å². The van der Waals surface area contributed by atoms with Crippen molar-refractivity contribution in [2.75, 3.05) is 51.3 Å². The number of alkyl halides is 2. The van der Waals surface area contributed by atoms with Gasteiger partial charge in [0.25, 0.3) is 6.43 Å². The van der Waals surface area contributed by atoms with Crippen molar-refractivity contribution >= 4 is 12.0 Å². The summed E-state index contributed by atoms with van der Waals surface area (Å²) in [5.41, 5.74) is 2.26. The number of nitrogens with zero attached hydrogens (tertiary/aromatic N) is 5. The molecule has 4 saturated heterocycles. The van der Waals surface area contributed by atoms with Crippen molar-refractivity contribution in [3.05, 3.63) is 42.1 Å². The fourth-order valence-corrected chi connectivity index (χ4v) is 5.92. The highest BCUT2D eigenvalue weighted by atomic mass is 19.3. The predicted molar refractivity (Wildman–Crippen MR) is 138 cm³/mol. The maximum absolute atomic E-state index is 14.3. The Morgan fingerprint density at radius 3 is 2.59 bits per heavy atom. The normalized spacial score (nSPS) is 27.9. The molecule has 8 nitrogen and oxygen atoms in total. The standard InChI is InChI=1S/C27H36F2N6O2/c1-27(10-14-33-12-8-21(27)9-13-33)32-26(36)34-15-16-35(23(17-34)24(28)29)25-30-11-7-22(31-25)20-5-3-19(4-6-20)18-37-2/h3-7,11,21,23-24H,8-10,12-18H2,1-2H3,(H,32,36). The van der Waals surface area contributed by atoms with Crippen LogP contribution in [0.25, 0.3) is 11.3 Å². The third-order valence-corrected chi connectivity index (χ3v) is 8.29. The highest BCUT2D eigenvalue weighted by molar-refractivity contribution is 5.75. The Morgan fingerprint density at radius 2 is 1.89 bits per heavy atom. The van der Waals surface area contributed by atoms with E-state index in [2.05, 4.69) is 27.1 Å². The Morgan fingerprint density at radius 1 is 1.14 bits per heavy atom. The molecule has 1 N–H and O–H groups in total. The van der Waals surface area contributed by atoms with Crippen LogP contribution in [0.4, 0.5) is 19.5 Å². The summed E-state index contributed by atoms with van der Waals surface area (Å²) in [6, 6.07) is 8.13. The Bertz CT molecular complexity index is 1080. The highest BCUT2D eigenvalue weighted by Crippen LogP contribution is 2.35. The van der Waals surface area contributed by atoms with Gasteiger partial charge in [0, 0.05) is 50.6 Å². The fourth-order valence-electron chi connectivity index (χ4n) is 5.92. The summed E-state index contributed by atoms with van der Waals surface area (Å²) in [4.78, 5) is 27.7. The van der Waals surface area contributed by atoms with Crippen LogP contribution in [0.2, 0.25) is 0 Å². The Kier molecular flexibility index (Phi) is 7.57. The molecule has 2 unspecified atom stereocenters. The lowest BCUT2D eigenvalue weighted by molar-refractivity contribution is 0.0775. The highest BCUT2D eigenvalue weighted by Gasteiger charge is 2.43. The van der Waals surface area contributed by atoms with Crippen LogP contribution in [0, 0.1) is 5.92 Å². The average Bonchev–Trinajstić information content (AvgIpc) is 3.17. The first kappa shape index (κ1) is 25.8. The van der Waals surface area contributed by atoms with Crippen molar-refractivity contribution < 1.29 is 18.3 Å². The van der Waals surface area contributed by atoms with Crippen LogP contribution < -0.4 is 10.2 Å². The van der Waals surface area contributed by atoms with Gasteiger partial charge >= 0.3 is 6.03 Å². The molecule has 2 bridgehead atoms. The smallest absolute Gasteiger partial charge is 0.317 e. The van der Waals surface area contributed by atoms with Gasteiger partial charge in [0.2, 0.25) is 5.95 Å². The van der Waals surface area contributed by atoms with Gasteiger partial charge in [0.05, 0.1) is 12.3 Å². The number of methoxy groups -OCH3 is 1. The van der Waals surface area contributed by atoms with E-state index in [1.807, 2.05) is 24.3 Å². The topological polar surface area (TPSA) is 73.8 Å². The Balaban J connectivity index is 1.28. The van der Waals surface area contributed by atoms with E-state index >= 15 is 0 Å². The zero-order valence-electron chi connectivity index (χ0n) is 21.6. The maximum atomic E-state index is 14.3. The van der Waals surface area contributed by atoms with Gasteiger partial charge in [-0.05, 0) is 56.8 Å². The van der Waals surface area contributed by atoms with Crippen molar-refractivity contribution in [2.24, 2.45) is 5.92 Å². The quantitative estimate of drug-likeness (QED) is 0.635. The van der Waals surface area contributed by atoms with Crippen LogP contribution in [0.1, 0.15) is 31.7 Å². The first-order chi connectivity index (χ1) is 17.9. The van der Waals surface area contributed by atoms with E-state index in [0.717, 1.165) is 50.0 Å². The molecule has 0 spiro atoms. The molecule has 2 amide bonds. The van der Waals surface area contributed by atoms with Crippen LogP contribution in [-0.2, 0) is 11.3 Å². The number of carbonyl (C=O) groups excluding carboxylic acids is 1. The van der Waals surface area contributed by atoms with Gasteiger partial charge in [-0.2, -0.15) is 0 Å². The molecule has 2 atom stereocenters. The number of fused-ring (bicyclic) bond motifs is 4. The first-order valence-corrected chi connectivity index (χ1v) is 13.1. The molecule has 5 heterocycles. The average molecular weight is 515 g/mol. The number of amides is 2. The molecule has 0 radical (unpaired) electrons. The number of piperazine rings is 1. The molecule has 1 aromatic heterocycles. The van der Waals surface area contributed by atoms with Crippen LogP contribution in [-0.4, -0.2) is 90.2 Å². The van der Waals surface area contributed by atoms with E-state index in [0.29, 0.717) is 24.8 Å². The number of ether oxygens (including phenoxy) is 1. The van der Waals surface area contributed by atoms with Crippen molar-refractivity contribution in [2.45, 2.75) is 50.8 Å². The molecular formula is C27H36F2N6O2. The number of urea groups is 1. The predicted octanol–water partition coefficient (Wildman–Crippen LogP) is 3.63. The van der Waals surface area contributed by atoms with E-state index in [9.17, 15) is 13.6 Å². The molecule has 1 aromatic carbocycles. The first-order valence-electron chi connectivity index (χ1n) is 13.1. The number of rotatable bonds is 6. The number of nitrogens with one attached hydrogen (secondary N) is 1. The molecule has 0 saturated carbocycles. The summed E-state index contributed by atoms with van der Waals surface area (Å²) in [6.45, 7) is 6.23. The van der Waals surface area contributed by atoms with E-state index in [4.69, 9.17) is 4.74 Å². The van der Waals surface area contributed by atoms with Crippen molar-refractivity contribution in [3.8, 4) is 11.3 Å². The van der Waals surface area contributed by atoms with E-state index in [-0.39, 0.29) is 30.6 Å². The fraction of sp³-hybridized carbons (Fsp3) is 0.593. The number of aromatic nitrogens is 2.